The highest BCUT2D eigenvalue weighted by Crippen LogP contribution is 2.38. The van der Waals surface area contributed by atoms with E-state index >= 15 is 0 Å². The summed E-state index contributed by atoms with van der Waals surface area (Å²) in [4.78, 5) is 11.3. The fourth-order valence-corrected chi connectivity index (χ4v) is 4.69. The summed E-state index contributed by atoms with van der Waals surface area (Å²) in [6, 6.07) is 11.4. The topological polar surface area (TPSA) is 89.2 Å². The van der Waals surface area contributed by atoms with Crippen molar-refractivity contribution < 1.29 is 28.0 Å². The number of hydrogen-bond acceptors (Lipinski definition) is 5. The summed E-state index contributed by atoms with van der Waals surface area (Å²) < 4.78 is 32.2. The van der Waals surface area contributed by atoms with Crippen LogP contribution in [0.25, 0.3) is 0 Å². The van der Waals surface area contributed by atoms with Crippen LogP contribution in [0.4, 0.5) is 5.69 Å². The lowest BCUT2D eigenvalue weighted by molar-refractivity contribution is 0.0696. The summed E-state index contributed by atoms with van der Waals surface area (Å²) in [5.74, 6) is 0.501. The summed E-state index contributed by atoms with van der Waals surface area (Å²) in [5.41, 5.74) is 2.13. The Morgan fingerprint density at radius 3 is 2.45 bits per heavy atom. The van der Waals surface area contributed by atoms with Crippen LogP contribution in [0.2, 0.25) is 5.02 Å². The number of furan rings is 1. The van der Waals surface area contributed by atoms with Gasteiger partial charge in [0.15, 0.2) is 11.0 Å². The molecule has 2 aromatic carbocycles. The average molecular weight is 492 g/mol. The van der Waals surface area contributed by atoms with E-state index in [1.165, 1.54) is 19.2 Å². The summed E-state index contributed by atoms with van der Waals surface area (Å²) in [7, 11) is -0.161. The van der Waals surface area contributed by atoms with E-state index in [1.807, 2.05) is 20.8 Å². The standard InChI is InChI=1S/C24H26ClNO6S/c1-14(2)26(33(29)23-9-6-16(4)32-23)20-12-19(25)15(3)10-22(20)31-13-18-8-7-17(24(27)28)11-21(18)30-5/h6-12,14H,13H2,1-5H3,(H,27,28). The Bertz CT molecular complexity index is 1190. The SMILES string of the molecule is COc1cc(C(=O)O)ccc1COc1cc(C)c(Cl)cc1N(C(C)C)S(=O)c1ccc(C)o1. The molecule has 1 atom stereocenters. The lowest BCUT2D eigenvalue weighted by Crippen LogP contribution is -2.33. The van der Waals surface area contributed by atoms with Crippen molar-refractivity contribution in [2.75, 3.05) is 11.4 Å². The van der Waals surface area contributed by atoms with E-state index in [4.69, 9.17) is 25.5 Å². The van der Waals surface area contributed by atoms with Crippen LogP contribution < -0.4 is 13.8 Å². The van der Waals surface area contributed by atoms with E-state index in [2.05, 4.69) is 0 Å². The summed E-state index contributed by atoms with van der Waals surface area (Å²) in [6.45, 7) is 7.59. The molecule has 1 unspecified atom stereocenters. The number of hydrogen-bond donors (Lipinski definition) is 1. The minimum absolute atomic E-state index is 0.107. The first-order valence-corrected chi connectivity index (χ1v) is 11.7. The molecule has 0 radical (unpaired) electrons. The van der Waals surface area contributed by atoms with Gasteiger partial charge in [0.05, 0.1) is 18.4 Å². The van der Waals surface area contributed by atoms with Gasteiger partial charge in [-0.05, 0) is 69.7 Å². The Hall–Kier alpha value is -2.97. The molecule has 0 saturated heterocycles. The number of benzene rings is 2. The molecule has 1 N–H and O–H groups in total. The predicted molar refractivity (Wildman–Crippen MR) is 128 cm³/mol. The number of rotatable bonds is 9. The molecule has 0 amide bonds. The zero-order valence-electron chi connectivity index (χ0n) is 19.0. The second kappa shape index (κ2) is 10.3. The van der Waals surface area contributed by atoms with Gasteiger partial charge in [0.25, 0.3) is 0 Å². The van der Waals surface area contributed by atoms with E-state index in [1.54, 1.807) is 41.6 Å². The van der Waals surface area contributed by atoms with Crippen molar-refractivity contribution >= 4 is 34.2 Å². The molecule has 33 heavy (non-hydrogen) atoms. The maximum absolute atomic E-state index is 13.4. The van der Waals surface area contributed by atoms with Crippen molar-refractivity contribution in [1.82, 2.24) is 0 Å². The van der Waals surface area contributed by atoms with Gasteiger partial charge in [0.2, 0.25) is 5.09 Å². The van der Waals surface area contributed by atoms with Crippen molar-refractivity contribution in [2.45, 2.75) is 45.4 Å². The highest BCUT2D eigenvalue weighted by Gasteiger charge is 2.26. The fourth-order valence-electron chi connectivity index (χ4n) is 3.25. The third kappa shape index (κ3) is 5.51. The van der Waals surface area contributed by atoms with E-state index in [0.717, 1.165) is 5.56 Å². The number of carbonyl (C=O) groups is 1. The fraction of sp³-hybridized carbons (Fsp3) is 0.292. The van der Waals surface area contributed by atoms with Gasteiger partial charge in [-0.15, -0.1) is 0 Å². The molecule has 0 aliphatic rings. The van der Waals surface area contributed by atoms with Crippen molar-refractivity contribution in [1.29, 1.82) is 0 Å². The molecule has 0 spiro atoms. The Morgan fingerprint density at radius 1 is 1.15 bits per heavy atom. The van der Waals surface area contributed by atoms with Crippen molar-refractivity contribution in [2.24, 2.45) is 0 Å². The molecule has 0 aliphatic heterocycles. The Balaban J connectivity index is 1.99. The van der Waals surface area contributed by atoms with Gasteiger partial charge >= 0.3 is 5.97 Å². The Labute approximate surface area is 200 Å². The van der Waals surface area contributed by atoms with Crippen molar-refractivity contribution in [3.8, 4) is 11.5 Å². The number of aryl methyl sites for hydroxylation is 2. The zero-order valence-corrected chi connectivity index (χ0v) is 20.6. The van der Waals surface area contributed by atoms with Gasteiger partial charge in [-0.2, -0.15) is 0 Å². The number of anilines is 1. The summed E-state index contributed by atoms with van der Waals surface area (Å²) in [5, 5.41) is 10.1. The van der Waals surface area contributed by atoms with Gasteiger partial charge < -0.3 is 19.0 Å². The van der Waals surface area contributed by atoms with Crippen LogP contribution in [0.1, 0.15) is 41.1 Å². The third-order valence-electron chi connectivity index (χ3n) is 4.93. The van der Waals surface area contributed by atoms with Crippen LogP contribution in [0.15, 0.2) is 52.0 Å². The number of methoxy groups -OCH3 is 1. The van der Waals surface area contributed by atoms with E-state index < -0.39 is 17.0 Å². The largest absolute Gasteiger partial charge is 0.496 e. The molecule has 0 bridgehead atoms. The first-order valence-electron chi connectivity index (χ1n) is 10.2. The van der Waals surface area contributed by atoms with E-state index in [9.17, 15) is 14.1 Å². The van der Waals surface area contributed by atoms with Gasteiger partial charge in [-0.3, -0.25) is 4.31 Å². The maximum Gasteiger partial charge on any atom is 0.335 e. The van der Waals surface area contributed by atoms with E-state index in [0.29, 0.717) is 38.6 Å². The molecule has 7 nitrogen and oxygen atoms in total. The van der Waals surface area contributed by atoms with Gasteiger partial charge in [-0.25, -0.2) is 9.00 Å². The molecule has 1 heterocycles. The first-order chi connectivity index (χ1) is 15.6. The molecular weight excluding hydrogens is 466 g/mol. The summed E-state index contributed by atoms with van der Waals surface area (Å²) >= 11 is 6.42. The van der Waals surface area contributed by atoms with Crippen LogP contribution in [0.3, 0.4) is 0 Å². The van der Waals surface area contributed by atoms with Crippen LogP contribution in [-0.2, 0) is 17.6 Å². The maximum atomic E-state index is 13.4. The molecule has 0 saturated carbocycles. The minimum Gasteiger partial charge on any atom is -0.496 e. The van der Waals surface area contributed by atoms with Crippen LogP contribution >= 0.6 is 11.6 Å². The normalized spacial score (nSPS) is 12.0. The third-order valence-corrected chi connectivity index (χ3v) is 6.88. The number of halogens is 1. The number of nitrogens with zero attached hydrogens (tertiary/aromatic N) is 1. The molecular formula is C24H26ClNO6S. The molecule has 1 aromatic heterocycles. The predicted octanol–water partition coefficient (Wildman–Crippen LogP) is 5.77. The smallest absolute Gasteiger partial charge is 0.335 e. The number of aromatic carboxylic acids is 1. The molecule has 3 rings (SSSR count). The monoisotopic (exact) mass is 491 g/mol. The van der Waals surface area contributed by atoms with Gasteiger partial charge in [0.1, 0.15) is 23.9 Å². The highest BCUT2D eigenvalue weighted by molar-refractivity contribution is 7.86. The first kappa shape index (κ1) is 24.7. The van der Waals surface area contributed by atoms with Crippen LogP contribution in [0, 0.1) is 13.8 Å². The Kier molecular flexibility index (Phi) is 7.71. The lowest BCUT2D eigenvalue weighted by atomic mass is 10.1. The van der Waals surface area contributed by atoms with Crippen molar-refractivity contribution in [3.63, 3.8) is 0 Å². The van der Waals surface area contributed by atoms with Gasteiger partial charge in [0, 0.05) is 16.6 Å². The van der Waals surface area contributed by atoms with Crippen LogP contribution in [0.5, 0.6) is 11.5 Å². The van der Waals surface area contributed by atoms with Gasteiger partial charge in [-0.1, -0.05) is 17.7 Å². The quantitative estimate of drug-likeness (QED) is 0.408. The average Bonchev–Trinajstić information content (AvgIpc) is 3.21. The second-order valence-electron chi connectivity index (χ2n) is 7.72. The van der Waals surface area contributed by atoms with E-state index in [-0.39, 0.29) is 18.2 Å². The second-order valence-corrected chi connectivity index (χ2v) is 9.42. The molecule has 0 aliphatic carbocycles. The number of carboxylic acid groups (broad SMARTS) is 1. The van der Waals surface area contributed by atoms with Crippen molar-refractivity contribution in [3.05, 3.63) is 69.9 Å². The number of carboxylic acids is 1. The number of ether oxygens (including phenoxy) is 2. The highest BCUT2D eigenvalue weighted by atomic mass is 35.5. The lowest BCUT2D eigenvalue weighted by Gasteiger charge is -2.28. The Morgan fingerprint density at radius 2 is 1.88 bits per heavy atom. The molecule has 176 valence electrons. The zero-order chi connectivity index (χ0) is 24.3. The molecule has 9 heteroatoms. The summed E-state index contributed by atoms with van der Waals surface area (Å²) in [6.07, 6.45) is 0. The molecule has 3 aromatic rings. The molecule has 0 fully saturated rings. The minimum atomic E-state index is -1.63. The van der Waals surface area contributed by atoms with Crippen LogP contribution in [-0.4, -0.2) is 28.4 Å².